The number of nitro benzene ring substituents is 1. The molecule has 7 rings (SSSR count). The first-order valence-corrected chi connectivity index (χ1v) is 13.2. The number of anilines is 2. The molecular weight excluding hydrogens is 522 g/mol. The summed E-state index contributed by atoms with van der Waals surface area (Å²) in [6, 6.07) is 21.5. The second-order valence-corrected chi connectivity index (χ2v) is 10.5. The molecule has 202 valence electrons. The summed E-state index contributed by atoms with van der Waals surface area (Å²) in [6.07, 6.45) is 3.35. The van der Waals surface area contributed by atoms with Gasteiger partial charge in [-0.05, 0) is 54.5 Å². The van der Waals surface area contributed by atoms with Crippen molar-refractivity contribution in [2.45, 2.75) is 24.4 Å². The monoisotopic (exact) mass is 545 g/mol. The van der Waals surface area contributed by atoms with Crippen LogP contribution in [-0.2, 0) is 10.2 Å². The van der Waals surface area contributed by atoms with Crippen LogP contribution >= 0.6 is 0 Å². The second kappa shape index (κ2) is 8.85. The van der Waals surface area contributed by atoms with Gasteiger partial charge in [0.2, 0.25) is 11.7 Å². The van der Waals surface area contributed by atoms with Gasteiger partial charge in [0.1, 0.15) is 11.5 Å². The average molecular weight is 546 g/mol. The van der Waals surface area contributed by atoms with Crippen molar-refractivity contribution in [1.29, 1.82) is 0 Å². The fourth-order valence-electron chi connectivity index (χ4n) is 6.88. The molecule has 1 spiro atoms. The number of rotatable bonds is 5. The molecule has 9 nitrogen and oxygen atoms in total. The Balaban J connectivity index is 1.53. The number of fused-ring (bicyclic) bond motifs is 6. The summed E-state index contributed by atoms with van der Waals surface area (Å²) in [7, 11) is 0. The number of nitro groups is 1. The lowest BCUT2D eigenvalue weighted by atomic mass is 9.64. The third-order valence-corrected chi connectivity index (χ3v) is 8.56. The zero-order valence-corrected chi connectivity index (χ0v) is 21.8. The van der Waals surface area contributed by atoms with Gasteiger partial charge in [-0.25, -0.2) is 0 Å². The van der Waals surface area contributed by atoms with Gasteiger partial charge in [-0.15, -0.1) is 0 Å². The summed E-state index contributed by atoms with van der Waals surface area (Å²) in [6.45, 7) is 1.96. The van der Waals surface area contributed by atoms with E-state index in [1.165, 1.54) is 36.6 Å². The van der Waals surface area contributed by atoms with E-state index in [0.717, 1.165) is 16.8 Å². The largest absolute Gasteiger partial charge is 0.461 e. The first-order chi connectivity index (χ1) is 19.8. The van der Waals surface area contributed by atoms with E-state index >= 15 is 0 Å². The van der Waals surface area contributed by atoms with Gasteiger partial charge in [0.25, 0.3) is 5.69 Å². The van der Waals surface area contributed by atoms with E-state index in [0.29, 0.717) is 11.3 Å². The smallest absolute Gasteiger partial charge is 0.269 e. The van der Waals surface area contributed by atoms with Gasteiger partial charge in [0, 0.05) is 34.6 Å². The molecule has 1 N–H and O–H groups in total. The molecule has 3 aromatic carbocycles. The Morgan fingerprint density at radius 3 is 2.41 bits per heavy atom. The molecule has 0 saturated carbocycles. The van der Waals surface area contributed by atoms with E-state index in [4.69, 9.17) is 4.42 Å². The van der Waals surface area contributed by atoms with Gasteiger partial charge in [-0.2, -0.15) is 0 Å². The number of allylic oxidation sites excluding steroid dienone is 1. The van der Waals surface area contributed by atoms with Gasteiger partial charge in [-0.3, -0.25) is 24.5 Å². The van der Waals surface area contributed by atoms with E-state index in [1.807, 2.05) is 60.4 Å². The van der Waals surface area contributed by atoms with E-state index in [-0.39, 0.29) is 22.9 Å². The van der Waals surface area contributed by atoms with Crippen LogP contribution < -0.4 is 10.2 Å². The average Bonchev–Trinajstić information content (AvgIpc) is 3.70. The molecule has 1 saturated heterocycles. The molecule has 0 radical (unpaired) electrons. The number of furan rings is 1. The minimum Gasteiger partial charge on any atom is -0.461 e. The number of amides is 1. The lowest BCUT2D eigenvalue weighted by Crippen LogP contribution is -2.51. The molecule has 9 heteroatoms. The van der Waals surface area contributed by atoms with Crippen molar-refractivity contribution in [3.05, 3.63) is 130 Å². The Labute approximate surface area is 234 Å². The zero-order chi connectivity index (χ0) is 28.5. The highest BCUT2D eigenvalue weighted by atomic mass is 16.6. The van der Waals surface area contributed by atoms with Crippen molar-refractivity contribution in [1.82, 2.24) is 0 Å². The fourth-order valence-corrected chi connectivity index (χ4v) is 6.88. The summed E-state index contributed by atoms with van der Waals surface area (Å²) in [5.41, 5.74) is 2.33. The molecule has 0 unspecified atom stereocenters. The highest BCUT2D eigenvalue weighted by Crippen LogP contribution is 2.58. The highest BCUT2D eigenvalue weighted by Gasteiger charge is 2.70. The lowest BCUT2D eigenvalue weighted by molar-refractivity contribution is -0.384. The molecule has 4 atom stereocenters. The standard InChI is InChI=1S/C32H23N3O6/c1-18-17-26-32(22-8-3-4-9-23(22)33-31(32)38)27(30(37)25-11-6-16-41-25)28(34(26)24-10-5-2-7-21(18)24)29(36)19-12-14-20(15-13-19)35(39)40/h2-17,26-28H,1H3,(H,33,38)/t26-,27+,28-,32-/m0/s1. The molecule has 0 bridgehead atoms. The third kappa shape index (κ3) is 3.32. The zero-order valence-electron chi connectivity index (χ0n) is 21.8. The Morgan fingerprint density at radius 1 is 0.951 bits per heavy atom. The second-order valence-electron chi connectivity index (χ2n) is 10.5. The van der Waals surface area contributed by atoms with Gasteiger partial charge < -0.3 is 14.6 Å². The number of benzene rings is 3. The maximum absolute atomic E-state index is 14.6. The number of hydrogen-bond acceptors (Lipinski definition) is 7. The Hall–Kier alpha value is -5.31. The first-order valence-electron chi connectivity index (χ1n) is 13.2. The predicted octanol–water partition coefficient (Wildman–Crippen LogP) is 5.43. The number of Topliss-reactive ketones (excluding diaryl/α,β-unsaturated/α-hetero) is 2. The highest BCUT2D eigenvalue weighted by molar-refractivity contribution is 6.18. The topological polar surface area (TPSA) is 123 Å². The maximum Gasteiger partial charge on any atom is 0.269 e. The minimum atomic E-state index is -1.46. The number of para-hydroxylation sites is 2. The number of nitrogens with one attached hydrogen (secondary N) is 1. The van der Waals surface area contributed by atoms with Crippen molar-refractivity contribution in [3.63, 3.8) is 0 Å². The lowest BCUT2D eigenvalue weighted by Gasteiger charge is -2.39. The Bertz CT molecular complexity index is 1790. The van der Waals surface area contributed by atoms with Crippen molar-refractivity contribution >= 4 is 40.1 Å². The Morgan fingerprint density at radius 2 is 1.68 bits per heavy atom. The van der Waals surface area contributed by atoms with Crippen molar-refractivity contribution in [3.8, 4) is 0 Å². The number of carbonyl (C=O) groups is 3. The summed E-state index contributed by atoms with van der Waals surface area (Å²) >= 11 is 0. The third-order valence-electron chi connectivity index (χ3n) is 8.56. The number of nitrogens with zero attached hydrogens (tertiary/aromatic N) is 2. The van der Waals surface area contributed by atoms with Gasteiger partial charge in [0.15, 0.2) is 11.5 Å². The molecule has 41 heavy (non-hydrogen) atoms. The molecule has 1 amide bonds. The molecule has 0 aliphatic carbocycles. The summed E-state index contributed by atoms with van der Waals surface area (Å²) in [5.74, 6) is -2.41. The van der Waals surface area contributed by atoms with Crippen molar-refractivity contribution in [2.75, 3.05) is 10.2 Å². The summed E-state index contributed by atoms with van der Waals surface area (Å²) in [5, 5.41) is 14.3. The van der Waals surface area contributed by atoms with Crippen LogP contribution in [0.25, 0.3) is 5.57 Å². The van der Waals surface area contributed by atoms with Gasteiger partial charge >= 0.3 is 0 Å². The molecule has 3 aliphatic rings. The predicted molar refractivity (Wildman–Crippen MR) is 151 cm³/mol. The van der Waals surface area contributed by atoms with Crippen molar-refractivity contribution < 1.29 is 23.7 Å². The SMILES string of the molecule is CC1=C[C@@H]2N(c3ccccc31)[C@H](C(=O)c1ccc([N+](=O)[O-])cc1)[C@H](C(=O)c1ccco1)[C@@]21C(=O)Nc2ccccc21. The van der Waals surface area contributed by atoms with Crippen LogP contribution in [0.5, 0.6) is 0 Å². The number of non-ortho nitro benzene ring substituents is 1. The van der Waals surface area contributed by atoms with Crippen LogP contribution in [0.2, 0.25) is 0 Å². The molecule has 4 heterocycles. The van der Waals surface area contributed by atoms with E-state index < -0.39 is 39.9 Å². The number of ketones is 2. The Kier molecular flexibility index (Phi) is 5.34. The molecular formula is C32H23N3O6. The van der Waals surface area contributed by atoms with Gasteiger partial charge in [0.05, 0.1) is 23.1 Å². The molecule has 1 fully saturated rings. The summed E-state index contributed by atoms with van der Waals surface area (Å²) < 4.78 is 5.55. The number of hydrogen-bond donors (Lipinski definition) is 1. The molecule has 3 aliphatic heterocycles. The van der Waals surface area contributed by atoms with E-state index in [2.05, 4.69) is 5.32 Å². The van der Waals surface area contributed by atoms with Crippen LogP contribution in [-0.4, -0.2) is 34.5 Å². The quantitative estimate of drug-likeness (QED) is 0.201. The van der Waals surface area contributed by atoms with Crippen LogP contribution in [0.15, 0.2) is 102 Å². The van der Waals surface area contributed by atoms with Gasteiger partial charge in [-0.1, -0.05) is 42.5 Å². The van der Waals surface area contributed by atoms with E-state index in [9.17, 15) is 24.5 Å². The van der Waals surface area contributed by atoms with Crippen molar-refractivity contribution in [2.24, 2.45) is 5.92 Å². The van der Waals surface area contributed by atoms with Crippen LogP contribution in [0, 0.1) is 16.0 Å². The normalized spacial score (nSPS) is 23.8. The number of carbonyl (C=O) groups excluding carboxylic acids is 3. The van der Waals surface area contributed by atoms with Crippen LogP contribution in [0.1, 0.15) is 39.0 Å². The minimum absolute atomic E-state index is 0.0434. The molecule has 1 aromatic heterocycles. The maximum atomic E-state index is 14.6. The summed E-state index contributed by atoms with van der Waals surface area (Å²) in [4.78, 5) is 56.0. The van der Waals surface area contributed by atoms with Crippen LogP contribution in [0.4, 0.5) is 17.1 Å². The fraction of sp³-hybridized carbons (Fsp3) is 0.156. The van der Waals surface area contributed by atoms with E-state index in [1.54, 1.807) is 12.1 Å². The molecule has 4 aromatic rings. The van der Waals surface area contributed by atoms with Crippen LogP contribution in [0.3, 0.4) is 0 Å². The first kappa shape index (κ1) is 24.7.